The lowest BCUT2D eigenvalue weighted by atomic mass is 10.2. The number of nitrogens with one attached hydrogen (secondary N) is 1. The number of halogens is 1. The number of amides is 2. The Balaban J connectivity index is 2.08. The van der Waals surface area contributed by atoms with Crippen LogP contribution in [0.25, 0.3) is 0 Å². The van der Waals surface area contributed by atoms with Crippen LogP contribution in [-0.4, -0.2) is 37.5 Å². The molecule has 2 amide bonds. The highest BCUT2D eigenvalue weighted by molar-refractivity contribution is 5.94. The quantitative estimate of drug-likeness (QED) is 0.824. The third-order valence-electron chi connectivity index (χ3n) is 3.75. The lowest BCUT2D eigenvalue weighted by molar-refractivity contribution is -0.133. The molecule has 0 aromatic heterocycles. The highest BCUT2D eigenvalue weighted by Gasteiger charge is 2.16. The first-order chi connectivity index (χ1) is 12.4. The number of carbonyl (C=O) groups is 2. The van der Waals surface area contributed by atoms with Gasteiger partial charge in [0, 0.05) is 13.5 Å². The summed E-state index contributed by atoms with van der Waals surface area (Å²) in [6, 6.07) is 11.1. The van der Waals surface area contributed by atoms with Gasteiger partial charge in [-0.05, 0) is 29.8 Å². The zero-order valence-electron chi connectivity index (χ0n) is 14.9. The topological polar surface area (TPSA) is 67.9 Å². The summed E-state index contributed by atoms with van der Waals surface area (Å²) in [7, 11) is 3.05. The molecule has 0 atom stereocenters. The molecule has 0 aliphatic carbocycles. The van der Waals surface area contributed by atoms with E-state index < -0.39 is 11.7 Å². The third kappa shape index (κ3) is 4.95. The van der Waals surface area contributed by atoms with Crippen molar-refractivity contribution >= 4 is 17.5 Å². The van der Waals surface area contributed by atoms with E-state index in [1.807, 2.05) is 0 Å². The standard InChI is InChI=1S/C19H21FN2O4/c1-13(23)22(11-14-8-9-17(25-2)18(10-14)26-3)12-19(24)21-16-7-5-4-6-15(16)20/h4-10H,11-12H2,1-3H3,(H,21,24). The van der Waals surface area contributed by atoms with Gasteiger partial charge in [-0.1, -0.05) is 18.2 Å². The zero-order chi connectivity index (χ0) is 19.1. The molecule has 2 rings (SSSR count). The molecule has 7 heteroatoms. The minimum Gasteiger partial charge on any atom is -0.493 e. The van der Waals surface area contributed by atoms with Gasteiger partial charge < -0.3 is 19.7 Å². The second kappa shape index (κ2) is 8.84. The molecule has 26 heavy (non-hydrogen) atoms. The average molecular weight is 360 g/mol. The Morgan fingerprint density at radius 2 is 1.77 bits per heavy atom. The third-order valence-corrected chi connectivity index (χ3v) is 3.75. The monoisotopic (exact) mass is 360 g/mol. The lowest BCUT2D eigenvalue weighted by Crippen LogP contribution is -2.36. The van der Waals surface area contributed by atoms with Gasteiger partial charge in [-0.2, -0.15) is 0 Å². The van der Waals surface area contributed by atoms with Crippen molar-refractivity contribution in [3.63, 3.8) is 0 Å². The number of para-hydroxylation sites is 1. The van der Waals surface area contributed by atoms with E-state index in [2.05, 4.69) is 5.32 Å². The number of ether oxygens (including phenoxy) is 2. The molecular weight excluding hydrogens is 339 g/mol. The molecule has 6 nitrogen and oxygen atoms in total. The van der Waals surface area contributed by atoms with E-state index in [0.717, 1.165) is 5.56 Å². The molecule has 138 valence electrons. The van der Waals surface area contributed by atoms with E-state index in [0.29, 0.717) is 11.5 Å². The molecule has 0 fully saturated rings. The maximum atomic E-state index is 13.6. The molecule has 2 aromatic rings. The van der Waals surface area contributed by atoms with Crippen molar-refractivity contribution in [3.8, 4) is 11.5 Å². The smallest absolute Gasteiger partial charge is 0.244 e. The van der Waals surface area contributed by atoms with Crippen LogP contribution < -0.4 is 14.8 Å². The molecule has 0 unspecified atom stereocenters. The first kappa shape index (κ1) is 19.2. The van der Waals surface area contributed by atoms with Crippen LogP contribution in [0.15, 0.2) is 42.5 Å². The fourth-order valence-corrected chi connectivity index (χ4v) is 2.40. The van der Waals surface area contributed by atoms with Crippen molar-refractivity contribution < 1.29 is 23.5 Å². The number of hydrogen-bond donors (Lipinski definition) is 1. The van der Waals surface area contributed by atoms with Crippen LogP contribution in [0.4, 0.5) is 10.1 Å². The highest BCUT2D eigenvalue weighted by atomic mass is 19.1. The van der Waals surface area contributed by atoms with Crippen molar-refractivity contribution in [2.24, 2.45) is 0 Å². The van der Waals surface area contributed by atoms with E-state index in [-0.39, 0.29) is 24.7 Å². The Bertz CT molecular complexity index is 795. The summed E-state index contributed by atoms with van der Waals surface area (Å²) in [6.45, 7) is 1.38. The largest absolute Gasteiger partial charge is 0.493 e. The minimum absolute atomic E-state index is 0.0760. The minimum atomic E-state index is -0.532. The normalized spacial score (nSPS) is 10.2. The Kier molecular flexibility index (Phi) is 6.54. The summed E-state index contributed by atoms with van der Waals surface area (Å²) in [5, 5.41) is 2.47. The Morgan fingerprint density at radius 3 is 2.38 bits per heavy atom. The first-order valence-electron chi connectivity index (χ1n) is 7.95. The Labute approximate surface area is 151 Å². The van der Waals surface area contributed by atoms with Crippen LogP contribution in [0, 0.1) is 5.82 Å². The fraction of sp³-hybridized carbons (Fsp3) is 0.263. The molecule has 0 saturated carbocycles. The molecule has 1 N–H and O–H groups in total. The first-order valence-corrected chi connectivity index (χ1v) is 7.95. The molecule has 2 aromatic carbocycles. The number of nitrogens with zero attached hydrogens (tertiary/aromatic N) is 1. The van der Waals surface area contributed by atoms with Gasteiger partial charge >= 0.3 is 0 Å². The SMILES string of the molecule is COc1ccc(CN(CC(=O)Nc2ccccc2F)C(C)=O)cc1OC. The van der Waals surface area contributed by atoms with Gasteiger partial charge in [0.05, 0.1) is 19.9 Å². The number of hydrogen-bond acceptors (Lipinski definition) is 4. The summed E-state index contributed by atoms with van der Waals surface area (Å²) in [4.78, 5) is 25.4. The second-order valence-corrected chi connectivity index (χ2v) is 5.59. The summed E-state index contributed by atoms with van der Waals surface area (Å²) in [5.74, 6) is -0.184. The van der Waals surface area contributed by atoms with Crippen LogP contribution in [0.2, 0.25) is 0 Å². The van der Waals surface area contributed by atoms with Gasteiger partial charge in [-0.3, -0.25) is 9.59 Å². The summed E-state index contributed by atoms with van der Waals surface area (Å²) in [5.41, 5.74) is 0.851. The van der Waals surface area contributed by atoms with E-state index in [4.69, 9.17) is 9.47 Å². The van der Waals surface area contributed by atoms with Crippen molar-refractivity contribution in [2.75, 3.05) is 26.1 Å². The molecule has 0 aliphatic rings. The predicted molar refractivity (Wildman–Crippen MR) is 95.7 cm³/mol. The summed E-state index contributed by atoms with van der Waals surface area (Å²) in [6.07, 6.45) is 0. The Hall–Kier alpha value is -3.09. The van der Waals surface area contributed by atoms with E-state index in [1.54, 1.807) is 24.3 Å². The molecule has 0 bridgehead atoms. The van der Waals surface area contributed by atoms with Crippen LogP contribution in [-0.2, 0) is 16.1 Å². The summed E-state index contributed by atoms with van der Waals surface area (Å²) >= 11 is 0. The number of benzene rings is 2. The van der Waals surface area contributed by atoms with Crippen molar-refractivity contribution in [1.29, 1.82) is 0 Å². The van der Waals surface area contributed by atoms with Gasteiger partial charge in [0.1, 0.15) is 12.4 Å². The van der Waals surface area contributed by atoms with Crippen LogP contribution in [0.1, 0.15) is 12.5 Å². The van der Waals surface area contributed by atoms with Gasteiger partial charge in [0.25, 0.3) is 0 Å². The zero-order valence-corrected chi connectivity index (χ0v) is 14.9. The van der Waals surface area contributed by atoms with Crippen LogP contribution >= 0.6 is 0 Å². The van der Waals surface area contributed by atoms with Gasteiger partial charge in [-0.25, -0.2) is 4.39 Å². The van der Waals surface area contributed by atoms with E-state index in [9.17, 15) is 14.0 Å². The van der Waals surface area contributed by atoms with Gasteiger partial charge in [0.2, 0.25) is 11.8 Å². The number of carbonyl (C=O) groups excluding carboxylic acids is 2. The molecule has 0 heterocycles. The second-order valence-electron chi connectivity index (χ2n) is 5.59. The maximum Gasteiger partial charge on any atom is 0.244 e. The highest BCUT2D eigenvalue weighted by Crippen LogP contribution is 2.28. The fourth-order valence-electron chi connectivity index (χ4n) is 2.40. The van der Waals surface area contributed by atoms with Gasteiger partial charge in [0.15, 0.2) is 11.5 Å². The van der Waals surface area contributed by atoms with Crippen molar-refractivity contribution in [3.05, 3.63) is 53.8 Å². The predicted octanol–water partition coefficient (Wildman–Crippen LogP) is 2.83. The number of anilines is 1. The Morgan fingerprint density at radius 1 is 1.08 bits per heavy atom. The maximum absolute atomic E-state index is 13.6. The molecular formula is C19H21FN2O4. The molecule has 0 spiro atoms. The van der Waals surface area contributed by atoms with Gasteiger partial charge in [-0.15, -0.1) is 0 Å². The van der Waals surface area contributed by atoms with E-state index >= 15 is 0 Å². The van der Waals surface area contributed by atoms with Crippen molar-refractivity contribution in [2.45, 2.75) is 13.5 Å². The molecule has 0 aliphatic heterocycles. The van der Waals surface area contributed by atoms with Crippen LogP contribution in [0.5, 0.6) is 11.5 Å². The van der Waals surface area contributed by atoms with Crippen molar-refractivity contribution in [1.82, 2.24) is 4.90 Å². The van der Waals surface area contributed by atoms with E-state index in [1.165, 1.54) is 44.2 Å². The summed E-state index contributed by atoms with van der Waals surface area (Å²) < 4.78 is 24.1. The molecule has 0 radical (unpaired) electrons. The molecule has 0 saturated heterocycles. The number of rotatable bonds is 7. The average Bonchev–Trinajstić information content (AvgIpc) is 2.62. The number of methoxy groups -OCH3 is 2. The lowest BCUT2D eigenvalue weighted by Gasteiger charge is -2.21. The van der Waals surface area contributed by atoms with Crippen LogP contribution in [0.3, 0.4) is 0 Å².